The van der Waals surface area contributed by atoms with Crippen LogP contribution >= 0.6 is 11.3 Å². The van der Waals surface area contributed by atoms with Crippen molar-refractivity contribution >= 4 is 48.4 Å². The Balaban J connectivity index is 1.36. The van der Waals surface area contributed by atoms with Crippen molar-refractivity contribution < 1.29 is 9.15 Å². The number of para-hydroxylation sites is 1. The molecule has 0 saturated carbocycles. The fourth-order valence-corrected chi connectivity index (χ4v) is 6.69. The molecule has 39 heavy (non-hydrogen) atoms. The molecule has 0 spiro atoms. The first kappa shape index (κ1) is 24.0. The van der Waals surface area contributed by atoms with Gasteiger partial charge in [-0.2, -0.15) is 0 Å². The predicted molar refractivity (Wildman–Crippen MR) is 159 cm³/mol. The van der Waals surface area contributed by atoms with Gasteiger partial charge in [-0.3, -0.25) is 9.78 Å². The van der Waals surface area contributed by atoms with Crippen LogP contribution in [0.25, 0.3) is 42.3 Å². The maximum atomic E-state index is 13.2. The summed E-state index contributed by atoms with van der Waals surface area (Å²) in [5, 5.41) is 6.70. The number of morpholine rings is 1. The molecule has 0 aliphatic carbocycles. The fraction of sp³-hybridized carbons (Fsp3) is 0.188. The van der Waals surface area contributed by atoms with Crippen molar-refractivity contribution in [1.29, 1.82) is 0 Å². The normalized spacial score (nSPS) is 14.0. The van der Waals surface area contributed by atoms with Gasteiger partial charge >= 0.3 is 0 Å². The van der Waals surface area contributed by atoms with Crippen molar-refractivity contribution in [3.05, 3.63) is 107 Å². The number of benzene rings is 3. The van der Waals surface area contributed by atoms with Gasteiger partial charge in [0.05, 0.1) is 18.6 Å². The Kier molecular flexibility index (Phi) is 6.32. The number of aromatic nitrogens is 1. The fourth-order valence-electron chi connectivity index (χ4n) is 5.42. The average molecular weight is 534 g/mol. The first-order valence-electron chi connectivity index (χ1n) is 13.2. The van der Waals surface area contributed by atoms with E-state index in [0.29, 0.717) is 43.2 Å². The van der Waals surface area contributed by atoms with Crippen molar-refractivity contribution in [2.24, 2.45) is 0 Å². The molecule has 0 atom stereocenters. The second-order valence-electron chi connectivity index (χ2n) is 9.76. The Labute approximate surface area is 229 Å². The maximum Gasteiger partial charge on any atom is 0.200 e. The van der Waals surface area contributed by atoms with E-state index < -0.39 is 0 Å². The highest BCUT2D eigenvalue weighted by Gasteiger charge is 2.20. The molecule has 7 rings (SSSR count). The van der Waals surface area contributed by atoms with Crippen LogP contribution < -0.4 is 15.6 Å². The summed E-state index contributed by atoms with van der Waals surface area (Å²) in [5.74, 6) is 0.604. The summed E-state index contributed by atoms with van der Waals surface area (Å²) in [4.78, 5) is 19.4. The Hall–Kier alpha value is -4.04. The number of thiophene rings is 1. The van der Waals surface area contributed by atoms with Crippen LogP contribution in [0.3, 0.4) is 0 Å². The molecular formula is C32H27N3O3S. The van der Waals surface area contributed by atoms with Crippen LogP contribution in [0.15, 0.2) is 94.4 Å². The predicted octanol–water partition coefficient (Wildman–Crippen LogP) is 6.35. The van der Waals surface area contributed by atoms with Gasteiger partial charge in [0.2, 0.25) is 0 Å². The molecule has 7 heteroatoms. The molecule has 1 N–H and O–H groups in total. The number of anilines is 1. The van der Waals surface area contributed by atoms with Crippen molar-refractivity contribution in [3.8, 4) is 11.1 Å². The number of ether oxygens (including phenoxy) is 1. The van der Waals surface area contributed by atoms with Gasteiger partial charge in [-0.25, -0.2) is 0 Å². The number of rotatable bonds is 6. The zero-order valence-electron chi connectivity index (χ0n) is 21.4. The molecule has 6 nitrogen and oxygen atoms in total. The lowest BCUT2D eigenvalue weighted by Crippen LogP contribution is -2.36. The summed E-state index contributed by atoms with van der Waals surface area (Å²) >= 11 is 1.79. The van der Waals surface area contributed by atoms with Crippen LogP contribution in [-0.4, -0.2) is 31.3 Å². The number of fused-ring (bicyclic) bond motifs is 4. The van der Waals surface area contributed by atoms with E-state index in [1.54, 1.807) is 17.4 Å². The Morgan fingerprint density at radius 2 is 1.69 bits per heavy atom. The number of nitrogens with zero attached hydrogens (tertiary/aromatic N) is 2. The Morgan fingerprint density at radius 3 is 2.56 bits per heavy atom. The highest BCUT2D eigenvalue weighted by molar-refractivity contribution is 7.26. The van der Waals surface area contributed by atoms with Crippen LogP contribution in [0.2, 0.25) is 0 Å². The Morgan fingerprint density at radius 1 is 0.872 bits per heavy atom. The summed E-state index contributed by atoms with van der Waals surface area (Å²) in [5.41, 5.74) is 5.08. The van der Waals surface area contributed by atoms with E-state index in [9.17, 15) is 4.79 Å². The standard InChI is InChI=1S/C32H27N3O3S/c36-27-18-29(35-14-16-37-17-15-35)38-31-23(5-3-6-25(27)31)24-9-8-22(20-34-19-21-10-12-33-13-11-21)30-26-4-1-2-7-28(26)39-32(24)30/h1-13,18,34H,14-17,19-20H2. The lowest BCUT2D eigenvalue weighted by molar-refractivity contribution is 0.121. The average Bonchev–Trinajstić information content (AvgIpc) is 3.38. The molecule has 0 unspecified atom stereocenters. The third-order valence-electron chi connectivity index (χ3n) is 7.36. The van der Waals surface area contributed by atoms with E-state index in [4.69, 9.17) is 9.15 Å². The van der Waals surface area contributed by atoms with Crippen LogP contribution in [0.4, 0.5) is 5.88 Å². The van der Waals surface area contributed by atoms with Crippen LogP contribution in [0, 0.1) is 0 Å². The number of hydrogen-bond donors (Lipinski definition) is 1. The summed E-state index contributed by atoms with van der Waals surface area (Å²) in [6, 6.07) is 24.5. The minimum absolute atomic E-state index is 0.0240. The molecular weight excluding hydrogens is 506 g/mol. The van der Waals surface area contributed by atoms with Crippen LogP contribution in [0.5, 0.6) is 0 Å². The second kappa shape index (κ2) is 10.3. The molecule has 4 heterocycles. The zero-order chi connectivity index (χ0) is 26.2. The van der Waals surface area contributed by atoms with E-state index in [-0.39, 0.29) is 5.43 Å². The molecule has 3 aromatic heterocycles. The third-order valence-corrected chi connectivity index (χ3v) is 8.57. The number of nitrogens with one attached hydrogen (secondary N) is 1. The highest BCUT2D eigenvalue weighted by Crippen LogP contribution is 2.43. The second-order valence-corrected chi connectivity index (χ2v) is 10.8. The van der Waals surface area contributed by atoms with E-state index >= 15 is 0 Å². The molecule has 194 valence electrons. The molecule has 0 amide bonds. The monoisotopic (exact) mass is 533 g/mol. The van der Waals surface area contributed by atoms with Crippen LogP contribution in [0.1, 0.15) is 11.1 Å². The summed E-state index contributed by atoms with van der Waals surface area (Å²) in [6.45, 7) is 4.18. The van der Waals surface area contributed by atoms with Crippen molar-refractivity contribution in [3.63, 3.8) is 0 Å². The SMILES string of the molecule is O=c1cc(N2CCOCC2)oc2c(-c3ccc(CNCc4ccncc4)c4c3sc3ccccc34)cccc12. The van der Waals surface area contributed by atoms with Gasteiger partial charge < -0.3 is 19.4 Å². The van der Waals surface area contributed by atoms with Gasteiger partial charge in [-0.15, -0.1) is 11.3 Å². The van der Waals surface area contributed by atoms with Gasteiger partial charge in [0.1, 0.15) is 5.58 Å². The number of hydrogen-bond acceptors (Lipinski definition) is 7. The van der Waals surface area contributed by atoms with E-state index in [0.717, 1.165) is 24.2 Å². The van der Waals surface area contributed by atoms with E-state index in [2.05, 4.69) is 57.7 Å². The molecule has 1 fully saturated rings. The number of pyridine rings is 1. The summed E-state index contributed by atoms with van der Waals surface area (Å²) < 4.78 is 14.4. The van der Waals surface area contributed by atoms with Gasteiger partial charge in [0.25, 0.3) is 0 Å². The van der Waals surface area contributed by atoms with Crippen molar-refractivity contribution in [2.75, 3.05) is 31.2 Å². The first-order chi connectivity index (χ1) is 19.3. The summed E-state index contributed by atoms with van der Waals surface area (Å²) in [6.07, 6.45) is 3.65. The minimum atomic E-state index is -0.0240. The van der Waals surface area contributed by atoms with Crippen molar-refractivity contribution in [2.45, 2.75) is 13.1 Å². The third kappa shape index (κ3) is 4.48. The largest absolute Gasteiger partial charge is 0.440 e. The molecule has 1 aliphatic heterocycles. The van der Waals surface area contributed by atoms with Gasteiger partial charge in [0, 0.05) is 75.9 Å². The molecule has 3 aromatic carbocycles. The van der Waals surface area contributed by atoms with E-state index in [1.807, 2.05) is 36.7 Å². The molecule has 0 radical (unpaired) electrons. The van der Waals surface area contributed by atoms with Gasteiger partial charge in [0.15, 0.2) is 11.3 Å². The highest BCUT2D eigenvalue weighted by atomic mass is 32.1. The molecule has 1 aliphatic rings. The van der Waals surface area contributed by atoms with Gasteiger partial charge in [-0.05, 0) is 35.4 Å². The van der Waals surface area contributed by atoms with Crippen LogP contribution in [-0.2, 0) is 17.8 Å². The molecule has 6 aromatic rings. The maximum absolute atomic E-state index is 13.2. The zero-order valence-corrected chi connectivity index (χ0v) is 22.2. The first-order valence-corrected chi connectivity index (χ1v) is 14.0. The summed E-state index contributed by atoms with van der Waals surface area (Å²) in [7, 11) is 0. The lowest BCUT2D eigenvalue weighted by atomic mass is 9.97. The quantitative estimate of drug-likeness (QED) is 0.269. The van der Waals surface area contributed by atoms with E-state index in [1.165, 1.54) is 31.3 Å². The van der Waals surface area contributed by atoms with Crippen molar-refractivity contribution in [1.82, 2.24) is 10.3 Å². The lowest BCUT2D eigenvalue weighted by Gasteiger charge is -2.27. The van der Waals surface area contributed by atoms with Gasteiger partial charge in [-0.1, -0.05) is 42.5 Å². The Bertz CT molecular complexity index is 1860. The minimum Gasteiger partial charge on any atom is -0.440 e. The molecule has 1 saturated heterocycles. The topological polar surface area (TPSA) is 67.6 Å². The molecule has 0 bridgehead atoms. The smallest absolute Gasteiger partial charge is 0.200 e.